The van der Waals surface area contributed by atoms with Gasteiger partial charge in [-0.1, -0.05) is 6.07 Å². The van der Waals surface area contributed by atoms with Crippen LogP contribution in [0.5, 0.6) is 11.5 Å². The number of fused-ring (bicyclic) bond motifs is 1. The molecule has 0 unspecified atom stereocenters. The quantitative estimate of drug-likeness (QED) is 0.370. The number of hydrogen-bond donors (Lipinski definition) is 1. The number of rotatable bonds is 7. The zero-order valence-corrected chi connectivity index (χ0v) is 22.8. The fourth-order valence-electron chi connectivity index (χ4n) is 5.12. The number of alkyl halides is 3. The molecule has 1 N–H and O–H groups in total. The minimum atomic E-state index is -4.57. The lowest BCUT2D eigenvalue weighted by atomic mass is 10.0. The highest BCUT2D eigenvalue weighted by Gasteiger charge is 2.39. The summed E-state index contributed by atoms with van der Waals surface area (Å²) in [7, 11) is 3.02. The summed E-state index contributed by atoms with van der Waals surface area (Å²) in [4.78, 5) is 23.3. The maximum Gasteiger partial charge on any atom is 0.416 e. The van der Waals surface area contributed by atoms with E-state index in [1.165, 1.54) is 24.5 Å². The van der Waals surface area contributed by atoms with Crippen LogP contribution in [0.3, 0.4) is 0 Å². The van der Waals surface area contributed by atoms with E-state index < -0.39 is 23.8 Å². The Morgan fingerprint density at radius 3 is 2.48 bits per heavy atom. The standard InChI is InChI=1S/C28H29F3N4O4S/c1-38-20-5-3-4-19(17-20)33-11-13-34(14-12-33)27-32-21-10-15-40-26(21)22(7-9-25(36)37)35(27)23-16-18(28(29,30)31)6-8-24(23)39-2/h3-6,8,10,15-17,22H,7,9,11-14H2,1-2H3,(H,36,37)/t22-/m1/s1. The van der Waals surface area contributed by atoms with Crippen molar-refractivity contribution in [3.05, 3.63) is 64.4 Å². The molecule has 1 atom stereocenters. The molecule has 1 fully saturated rings. The average Bonchev–Trinajstić information content (AvgIpc) is 3.43. The smallest absolute Gasteiger partial charge is 0.416 e. The second-order valence-electron chi connectivity index (χ2n) is 9.46. The molecular weight excluding hydrogens is 545 g/mol. The summed E-state index contributed by atoms with van der Waals surface area (Å²) in [6.07, 6.45) is -4.54. The molecule has 2 aromatic carbocycles. The number of piperazine rings is 1. The third kappa shape index (κ3) is 5.53. The van der Waals surface area contributed by atoms with Crippen LogP contribution in [0.15, 0.2) is 58.9 Å². The zero-order valence-electron chi connectivity index (χ0n) is 22.0. The zero-order chi connectivity index (χ0) is 28.4. The van der Waals surface area contributed by atoms with Crippen LogP contribution < -0.4 is 19.3 Å². The number of anilines is 2. The van der Waals surface area contributed by atoms with Crippen LogP contribution in [0.2, 0.25) is 0 Å². The summed E-state index contributed by atoms with van der Waals surface area (Å²) < 4.78 is 52.4. The molecule has 8 nitrogen and oxygen atoms in total. The fourth-order valence-corrected chi connectivity index (χ4v) is 6.08. The molecule has 0 bridgehead atoms. The third-order valence-electron chi connectivity index (χ3n) is 7.10. The van der Waals surface area contributed by atoms with Crippen LogP contribution >= 0.6 is 11.3 Å². The van der Waals surface area contributed by atoms with Gasteiger partial charge in [0.1, 0.15) is 11.5 Å². The first-order valence-electron chi connectivity index (χ1n) is 12.8. The summed E-state index contributed by atoms with van der Waals surface area (Å²) in [6.45, 7) is 2.41. The number of carbonyl (C=O) groups is 1. The van der Waals surface area contributed by atoms with Crippen molar-refractivity contribution in [2.75, 3.05) is 50.2 Å². The Labute approximate surface area is 233 Å². The fraction of sp³-hybridized carbons (Fsp3) is 0.357. The van der Waals surface area contributed by atoms with E-state index in [9.17, 15) is 23.1 Å². The summed E-state index contributed by atoms with van der Waals surface area (Å²) in [5.74, 6) is 0.496. The topological polar surface area (TPSA) is 77.8 Å². The van der Waals surface area contributed by atoms with Crippen LogP contribution in [-0.2, 0) is 11.0 Å². The average molecular weight is 575 g/mol. The van der Waals surface area contributed by atoms with E-state index in [4.69, 9.17) is 14.5 Å². The van der Waals surface area contributed by atoms with Crippen LogP contribution in [0, 0.1) is 0 Å². The first kappa shape index (κ1) is 27.6. The van der Waals surface area contributed by atoms with Gasteiger partial charge in [0.25, 0.3) is 0 Å². The molecule has 2 aliphatic heterocycles. The van der Waals surface area contributed by atoms with E-state index in [1.807, 2.05) is 40.6 Å². The highest BCUT2D eigenvalue weighted by atomic mass is 32.1. The Balaban J connectivity index is 1.54. The predicted octanol–water partition coefficient (Wildman–Crippen LogP) is 6.02. The molecule has 12 heteroatoms. The number of guanidine groups is 1. The van der Waals surface area contributed by atoms with E-state index in [-0.39, 0.29) is 24.3 Å². The Morgan fingerprint density at radius 2 is 1.80 bits per heavy atom. The van der Waals surface area contributed by atoms with Gasteiger partial charge in [-0.15, -0.1) is 11.3 Å². The third-order valence-corrected chi connectivity index (χ3v) is 8.11. The largest absolute Gasteiger partial charge is 0.497 e. The molecule has 5 rings (SSSR count). The molecule has 212 valence electrons. The summed E-state index contributed by atoms with van der Waals surface area (Å²) in [5, 5.41) is 11.4. The van der Waals surface area contributed by atoms with Crippen molar-refractivity contribution < 1.29 is 32.5 Å². The van der Waals surface area contributed by atoms with Crippen molar-refractivity contribution in [2.24, 2.45) is 4.99 Å². The number of carboxylic acids is 1. The van der Waals surface area contributed by atoms with Crippen molar-refractivity contribution >= 4 is 40.3 Å². The van der Waals surface area contributed by atoms with E-state index in [0.717, 1.165) is 28.4 Å². The van der Waals surface area contributed by atoms with Crippen LogP contribution in [0.25, 0.3) is 0 Å². The number of aliphatic imine (C=N–C) groups is 1. The van der Waals surface area contributed by atoms with Gasteiger partial charge in [0.15, 0.2) is 0 Å². The summed E-state index contributed by atoms with van der Waals surface area (Å²) in [6, 6.07) is 12.5. The molecule has 0 spiro atoms. The van der Waals surface area contributed by atoms with Crippen LogP contribution in [0.4, 0.5) is 30.2 Å². The number of hydrogen-bond acceptors (Lipinski definition) is 8. The number of methoxy groups -OCH3 is 2. The number of nitrogens with zero attached hydrogens (tertiary/aromatic N) is 4. The van der Waals surface area contributed by atoms with Crippen molar-refractivity contribution in [3.8, 4) is 11.5 Å². The molecule has 2 aliphatic rings. The van der Waals surface area contributed by atoms with Crippen molar-refractivity contribution in [2.45, 2.75) is 25.1 Å². The molecule has 0 amide bonds. The predicted molar refractivity (Wildman–Crippen MR) is 148 cm³/mol. The van der Waals surface area contributed by atoms with Gasteiger partial charge in [0, 0.05) is 44.4 Å². The highest BCUT2D eigenvalue weighted by molar-refractivity contribution is 7.10. The van der Waals surface area contributed by atoms with E-state index in [1.54, 1.807) is 12.0 Å². The summed E-state index contributed by atoms with van der Waals surface area (Å²) >= 11 is 1.41. The van der Waals surface area contributed by atoms with Gasteiger partial charge >= 0.3 is 12.1 Å². The van der Waals surface area contributed by atoms with E-state index in [2.05, 4.69) is 4.90 Å². The molecule has 1 aromatic heterocycles. The van der Waals surface area contributed by atoms with Gasteiger partial charge < -0.3 is 29.3 Å². The van der Waals surface area contributed by atoms with Gasteiger partial charge in [-0.2, -0.15) is 13.2 Å². The van der Waals surface area contributed by atoms with Gasteiger partial charge in [-0.05, 0) is 48.2 Å². The number of carboxylic acid groups (broad SMARTS) is 1. The summed E-state index contributed by atoms with van der Waals surface area (Å²) in [5.41, 5.74) is 1.09. The second kappa shape index (κ2) is 11.3. The molecule has 3 heterocycles. The van der Waals surface area contributed by atoms with Crippen molar-refractivity contribution in [3.63, 3.8) is 0 Å². The molecule has 40 heavy (non-hydrogen) atoms. The number of ether oxygens (including phenoxy) is 2. The minimum absolute atomic E-state index is 0.156. The molecule has 0 aliphatic carbocycles. The van der Waals surface area contributed by atoms with Crippen molar-refractivity contribution in [1.82, 2.24) is 4.90 Å². The van der Waals surface area contributed by atoms with Crippen LogP contribution in [-0.4, -0.2) is 62.3 Å². The first-order chi connectivity index (χ1) is 19.2. The SMILES string of the molecule is COc1cccc(N2CCN(C3=Nc4ccsc4[C@@H](CCC(=O)O)N3c3cc(C(F)(F)F)ccc3OC)CC2)c1. The van der Waals surface area contributed by atoms with Gasteiger partial charge in [0.2, 0.25) is 5.96 Å². The maximum atomic E-state index is 13.8. The number of aliphatic carboxylic acids is 1. The second-order valence-corrected chi connectivity index (χ2v) is 10.4. The number of benzene rings is 2. The lowest BCUT2D eigenvalue weighted by Gasteiger charge is -2.45. The number of thiophene rings is 1. The van der Waals surface area contributed by atoms with Gasteiger partial charge in [-0.25, -0.2) is 4.99 Å². The normalized spacial score (nSPS) is 17.4. The lowest BCUT2D eigenvalue weighted by Crippen LogP contribution is -2.55. The Bertz CT molecular complexity index is 1400. The Hall–Kier alpha value is -3.93. The molecule has 0 saturated carbocycles. The molecular formula is C28H29F3N4O4S. The maximum absolute atomic E-state index is 13.8. The molecule has 3 aromatic rings. The van der Waals surface area contributed by atoms with Crippen molar-refractivity contribution in [1.29, 1.82) is 0 Å². The van der Waals surface area contributed by atoms with E-state index >= 15 is 0 Å². The minimum Gasteiger partial charge on any atom is -0.497 e. The van der Waals surface area contributed by atoms with Gasteiger partial charge in [0.05, 0.1) is 42.1 Å². The van der Waals surface area contributed by atoms with Crippen LogP contribution in [0.1, 0.15) is 29.3 Å². The van der Waals surface area contributed by atoms with E-state index in [0.29, 0.717) is 37.8 Å². The number of halogens is 3. The molecule has 1 saturated heterocycles. The Morgan fingerprint density at radius 1 is 1.05 bits per heavy atom. The highest BCUT2D eigenvalue weighted by Crippen LogP contribution is 2.47. The van der Waals surface area contributed by atoms with Gasteiger partial charge in [-0.3, -0.25) is 4.79 Å². The first-order valence-corrected chi connectivity index (χ1v) is 13.6. The lowest BCUT2D eigenvalue weighted by molar-refractivity contribution is -0.138. The Kier molecular flexibility index (Phi) is 7.79. The monoisotopic (exact) mass is 574 g/mol. The molecule has 0 radical (unpaired) electrons.